The van der Waals surface area contributed by atoms with Gasteiger partial charge in [-0.05, 0) is 48.8 Å². The Bertz CT molecular complexity index is 1100. The highest BCUT2D eigenvalue weighted by Gasteiger charge is 2.23. The van der Waals surface area contributed by atoms with Crippen molar-refractivity contribution >= 4 is 27.5 Å². The Hall–Kier alpha value is -2.67. The quantitative estimate of drug-likeness (QED) is 0.677. The lowest BCUT2D eigenvalue weighted by Gasteiger charge is -2.17. The second-order valence-electron chi connectivity index (χ2n) is 7.62. The predicted molar refractivity (Wildman–Crippen MR) is 115 cm³/mol. The van der Waals surface area contributed by atoms with Gasteiger partial charge in [-0.3, -0.25) is 14.2 Å². The number of thiophene rings is 1. The molecule has 152 valence electrons. The van der Waals surface area contributed by atoms with E-state index >= 15 is 0 Å². The number of carbonyl (C=O) groups excluding carboxylic acids is 1. The number of rotatable bonds is 6. The van der Waals surface area contributed by atoms with Gasteiger partial charge in [0.15, 0.2) is 0 Å². The highest BCUT2D eigenvalue weighted by Crippen LogP contribution is 2.35. The molecule has 1 aromatic carbocycles. The van der Waals surface area contributed by atoms with Crippen molar-refractivity contribution in [2.75, 3.05) is 13.7 Å². The molecule has 3 aromatic rings. The molecule has 0 bridgehead atoms. The molecule has 1 N–H and O–H groups in total. The first kappa shape index (κ1) is 19.6. The Kier molecular flexibility index (Phi) is 5.67. The molecular weight excluding hydrogens is 386 g/mol. The number of hydrogen-bond acceptors (Lipinski definition) is 5. The fraction of sp³-hybridized carbons (Fsp3) is 0.409. The number of amides is 1. The monoisotopic (exact) mass is 411 g/mol. The van der Waals surface area contributed by atoms with Gasteiger partial charge in [0.1, 0.15) is 17.1 Å². The summed E-state index contributed by atoms with van der Waals surface area (Å²) in [5, 5.41) is 3.60. The highest BCUT2D eigenvalue weighted by molar-refractivity contribution is 7.18. The zero-order valence-electron chi connectivity index (χ0n) is 16.7. The molecule has 0 spiro atoms. The molecule has 0 unspecified atom stereocenters. The summed E-state index contributed by atoms with van der Waals surface area (Å²) in [7, 11) is 1.64. The summed E-state index contributed by atoms with van der Waals surface area (Å²) in [6, 6.07) is 7.75. The zero-order valence-corrected chi connectivity index (χ0v) is 17.6. The summed E-state index contributed by atoms with van der Waals surface area (Å²) in [6.45, 7) is 2.71. The van der Waals surface area contributed by atoms with Crippen molar-refractivity contribution in [2.45, 2.75) is 39.2 Å². The third kappa shape index (κ3) is 4.05. The van der Waals surface area contributed by atoms with Gasteiger partial charge in [-0.2, -0.15) is 0 Å². The number of aromatic nitrogens is 2. The van der Waals surface area contributed by atoms with Crippen LogP contribution in [0.1, 0.15) is 29.3 Å². The Labute approximate surface area is 173 Å². The molecule has 7 heteroatoms. The van der Waals surface area contributed by atoms with E-state index in [1.807, 2.05) is 24.3 Å². The van der Waals surface area contributed by atoms with Crippen molar-refractivity contribution in [3.05, 3.63) is 57.0 Å². The predicted octanol–water partition coefficient (Wildman–Crippen LogP) is 2.95. The van der Waals surface area contributed by atoms with E-state index in [0.717, 1.165) is 41.0 Å². The summed E-state index contributed by atoms with van der Waals surface area (Å²) >= 11 is 1.62. The summed E-state index contributed by atoms with van der Waals surface area (Å²) in [4.78, 5) is 31.9. The number of hydrogen-bond donors (Lipinski definition) is 1. The van der Waals surface area contributed by atoms with Crippen molar-refractivity contribution in [3.63, 3.8) is 0 Å². The number of benzene rings is 1. The smallest absolute Gasteiger partial charge is 0.262 e. The van der Waals surface area contributed by atoms with Gasteiger partial charge in [-0.15, -0.1) is 11.3 Å². The van der Waals surface area contributed by atoms with Gasteiger partial charge in [0, 0.05) is 11.4 Å². The van der Waals surface area contributed by atoms with Gasteiger partial charge in [0.05, 0.1) is 18.8 Å². The minimum Gasteiger partial charge on any atom is -0.496 e. The number of nitrogens with one attached hydrogen (secondary N) is 1. The van der Waals surface area contributed by atoms with Crippen LogP contribution >= 0.6 is 11.3 Å². The minimum atomic E-state index is -0.194. The van der Waals surface area contributed by atoms with E-state index in [1.165, 1.54) is 15.8 Å². The molecule has 6 nitrogen and oxygen atoms in total. The van der Waals surface area contributed by atoms with Crippen LogP contribution in [0, 0.1) is 5.92 Å². The zero-order chi connectivity index (χ0) is 20.4. The van der Waals surface area contributed by atoms with Gasteiger partial charge < -0.3 is 10.1 Å². The summed E-state index contributed by atoms with van der Waals surface area (Å²) in [5.41, 5.74) is 2.07. The van der Waals surface area contributed by atoms with Crippen molar-refractivity contribution < 1.29 is 9.53 Å². The molecule has 2 heterocycles. The Morgan fingerprint density at radius 3 is 3.03 bits per heavy atom. The van der Waals surface area contributed by atoms with Gasteiger partial charge in [0.25, 0.3) is 5.56 Å². The lowest BCUT2D eigenvalue weighted by molar-refractivity contribution is -0.121. The van der Waals surface area contributed by atoms with Crippen molar-refractivity contribution in [1.82, 2.24) is 14.9 Å². The molecule has 2 aromatic heterocycles. The molecule has 1 aliphatic carbocycles. The number of carbonyl (C=O) groups is 1. The van der Waals surface area contributed by atoms with Crippen LogP contribution in [0.2, 0.25) is 0 Å². The molecule has 0 radical (unpaired) electrons. The van der Waals surface area contributed by atoms with E-state index in [9.17, 15) is 9.59 Å². The van der Waals surface area contributed by atoms with Crippen LogP contribution in [-0.4, -0.2) is 29.1 Å². The molecule has 4 rings (SSSR count). The van der Waals surface area contributed by atoms with Crippen molar-refractivity contribution in [3.8, 4) is 5.75 Å². The van der Waals surface area contributed by atoms with E-state index < -0.39 is 0 Å². The van der Waals surface area contributed by atoms with E-state index in [-0.39, 0.29) is 18.0 Å². The third-order valence-electron chi connectivity index (χ3n) is 5.51. The number of ether oxygens (including phenoxy) is 1. The van der Waals surface area contributed by atoms with Gasteiger partial charge >= 0.3 is 0 Å². The SMILES string of the molecule is COc1ccccc1CCNC(=O)Cn1cnc2sc3c(c2c1=O)CC[C@@H](C)C3. The van der Waals surface area contributed by atoms with Crippen LogP contribution in [-0.2, 0) is 30.6 Å². The molecule has 0 aliphatic heterocycles. The fourth-order valence-corrected chi connectivity index (χ4v) is 5.28. The number of para-hydroxylation sites is 1. The molecule has 29 heavy (non-hydrogen) atoms. The van der Waals surface area contributed by atoms with Gasteiger partial charge in [-0.1, -0.05) is 25.1 Å². The molecular formula is C22H25N3O3S. The number of fused-ring (bicyclic) bond motifs is 3. The average Bonchev–Trinajstić information content (AvgIpc) is 3.08. The molecule has 0 fully saturated rings. The van der Waals surface area contributed by atoms with Crippen LogP contribution in [0.15, 0.2) is 35.4 Å². The van der Waals surface area contributed by atoms with E-state index in [1.54, 1.807) is 18.4 Å². The Morgan fingerprint density at radius 1 is 1.38 bits per heavy atom. The maximum atomic E-state index is 13.0. The number of methoxy groups -OCH3 is 1. The first-order chi connectivity index (χ1) is 14.1. The van der Waals surface area contributed by atoms with E-state index in [2.05, 4.69) is 17.2 Å². The average molecular weight is 412 g/mol. The molecule has 0 saturated carbocycles. The first-order valence-electron chi connectivity index (χ1n) is 9.95. The van der Waals surface area contributed by atoms with Crippen molar-refractivity contribution in [2.24, 2.45) is 5.92 Å². The second-order valence-corrected chi connectivity index (χ2v) is 8.70. The van der Waals surface area contributed by atoms with Gasteiger partial charge in [0.2, 0.25) is 5.91 Å². The third-order valence-corrected chi connectivity index (χ3v) is 6.67. The highest BCUT2D eigenvalue weighted by atomic mass is 32.1. The normalized spacial score (nSPS) is 15.9. The van der Waals surface area contributed by atoms with Crippen molar-refractivity contribution in [1.29, 1.82) is 0 Å². The standard InChI is InChI=1S/C22H25N3O3S/c1-14-7-8-16-18(11-14)29-21-20(16)22(27)25(13-24-21)12-19(26)23-10-9-15-5-3-4-6-17(15)28-2/h3-6,13-14H,7-12H2,1-2H3,(H,23,26)/t14-/m1/s1. The second kappa shape index (κ2) is 8.37. The summed E-state index contributed by atoms with van der Waals surface area (Å²) < 4.78 is 6.76. The minimum absolute atomic E-state index is 0.0191. The number of aryl methyl sites for hydroxylation is 1. The van der Waals surface area contributed by atoms with Crippen LogP contribution in [0.25, 0.3) is 10.2 Å². The summed E-state index contributed by atoms with van der Waals surface area (Å²) in [6.07, 6.45) is 5.19. The fourth-order valence-electron chi connectivity index (χ4n) is 3.94. The lowest BCUT2D eigenvalue weighted by Crippen LogP contribution is -2.33. The van der Waals surface area contributed by atoms with Crippen LogP contribution in [0.4, 0.5) is 0 Å². The number of nitrogens with zero attached hydrogens (tertiary/aromatic N) is 2. The molecule has 1 amide bonds. The van der Waals surface area contributed by atoms with Gasteiger partial charge in [-0.25, -0.2) is 4.98 Å². The largest absolute Gasteiger partial charge is 0.496 e. The van der Waals surface area contributed by atoms with Crippen LogP contribution in [0.3, 0.4) is 0 Å². The molecule has 1 atom stereocenters. The molecule has 0 saturated heterocycles. The Morgan fingerprint density at radius 2 is 2.21 bits per heavy atom. The van der Waals surface area contributed by atoms with Crippen LogP contribution < -0.4 is 15.6 Å². The lowest BCUT2D eigenvalue weighted by atomic mass is 9.89. The maximum absolute atomic E-state index is 13.0. The maximum Gasteiger partial charge on any atom is 0.262 e. The van der Waals surface area contributed by atoms with Crippen LogP contribution in [0.5, 0.6) is 5.75 Å². The van der Waals surface area contributed by atoms with E-state index in [4.69, 9.17) is 4.74 Å². The molecule has 1 aliphatic rings. The Balaban J connectivity index is 1.44. The first-order valence-corrected chi connectivity index (χ1v) is 10.8. The van der Waals surface area contributed by atoms with E-state index in [0.29, 0.717) is 24.3 Å². The topological polar surface area (TPSA) is 73.2 Å². The summed E-state index contributed by atoms with van der Waals surface area (Å²) in [5.74, 6) is 1.26.